The Morgan fingerprint density at radius 1 is 0.696 bits per heavy atom. The van der Waals surface area contributed by atoms with Crippen LogP contribution < -0.4 is 9.64 Å². The predicted molar refractivity (Wildman–Crippen MR) is 220 cm³/mol. The summed E-state index contributed by atoms with van der Waals surface area (Å²) in [4.78, 5) is 29.1. The van der Waals surface area contributed by atoms with Crippen molar-refractivity contribution in [2.45, 2.75) is 62.7 Å². The third-order valence-corrected chi connectivity index (χ3v) is 12.3. The molecule has 6 aromatic carbocycles. The van der Waals surface area contributed by atoms with Gasteiger partial charge in [0, 0.05) is 29.8 Å². The van der Waals surface area contributed by atoms with Crippen molar-refractivity contribution in [1.82, 2.24) is 4.31 Å². The van der Waals surface area contributed by atoms with Crippen LogP contribution >= 0.6 is 0 Å². The lowest BCUT2D eigenvalue weighted by atomic mass is 9.84. The highest BCUT2D eigenvalue weighted by Crippen LogP contribution is 2.34. The van der Waals surface area contributed by atoms with E-state index in [4.69, 9.17) is 9.47 Å². The minimum atomic E-state index is -4.05. The van der Waals surface area contributed by atoms with Crippen molar-refractivity contribution in [3.63, 3.8) is 0 Å². The van der Waals surface area contributed by atoms with Crippen LogP contribution in [-0.2, 0) is 39.3 Å². The lowest BCUT2D eigenvalue weighted by Gasteiger charge is -2.27. The van der Waals surface area contributed by atoms with Crippen molar-refractivity contribution < 1.29 is 27.5 Å². The van der Waals surface area contributed by atoms with Gasteiger partial charge >= 0.3 is 5.97 Å². The first-order valence-electron chi connectivity index (χ1n) is 19.1. The van der Waals surface area contributed by atoms with E-state index in [9.17, 15) is 18.0 Å². The second kappa shape index (κ2) is 17.8. The lowest BCUT2D eigenvalue weighted by molar-refractivity contribution is -0.118. The Labute approximate surface area is 329 Å². The normalized spacial score (nSPS) is 13.4. The Morgan fingerprint density at radius 3 is 2.12 bits per heavy atom. The fraction of sp³-hybridized carbons (Fsp3) is 0.234. The summed E-state index contributed by atoms with van der Waals surface area (Å²) in [5.74, 6) is 0.100. The fourth-order valence-electron chi connectivity index (χ4n) is 7.29. The molecule has 0 aromatic heterocycles. The van der Waals surface area contributed by atoms with Gasteiger partial charge in [-0.1, -0.05) is 128 Å². The molecule has 1 fully saturated rings. The fourth-order valence-corrected chi connectivity index (χ4v) is 8.62. The van der Waals surface area contributed by atoms with Gasteiger partial charge in [0.25, 0.3) is 0 Å². The average Bonchev–Trinajstić information content (AvgIpc) is 3.25. The molecule has 1 aliphatic carbocycles. The smallest absolute Gasteiger partial charge is 0.338 e. The van der Waals surface area contributed by atoms with Gasteiger partial charge in [0.1, 0.15) is 19.0 Å². The maximum atomic E-state index is 14.5. The van der Waals surface area contributed by atoms with Gasteiger partial charge < -0.3 is 14.4 Å². The van der Waals surface area contributed by atoms with E-state index in [0.29, 0.717) is 33.9 Å². The van der Waals surface area contributed by atoms with Crippen molar-refractivity contribution in [2.75, 3.05) is 18.5 Å². The SMILES string of the molecule is CN(CC(=O)N(Cc1ccc(C2CCCCC2)cc1)c1ccc(COC(=O)c2ccccc2)c(OCc2ccccc2)c1)S(=O)(=O)c1cccc2ccccc12. The molecule has 56 heavy (non-hydrogen) atoms. The summed E-state index contributed by atoms with van der Waals surface area (Å²) < 4.78 is 41.2. The molecule has 9 heteroatoms. The molecule has 0 heterocycles. The lowest BCUT2D eigenvalue weighted by Crippen LogP contribution is -2.41. The maximum Gasteiger partial charge on any atom is 0.338 e. The quantitative estimate of drug-likeness (QED) is 0.103. The number of carbonyl (C=O) groups excluding carboxylic acids is 2. The third-order valence-electron chi connectivity index (χ3n) is 10.5. The third kappa shape index (κ3) is 9.18. The first-order chi connectivity index (χ1) is 27.3. The monoisotopic (exact) mass is 766 g/mol. The molecule has 1 amide bonds. The number of hydrogen-bond donors (Lipinski definition) is 0. The van der Waals surface area contributed by atoms with E-state index in [2.05, 4.69) is 24.3 Å². The molecule has 1 aliphatic rings. The summed E-state index contributed by atoms with van der Waals surface area (Å²) in [5.41, 5.74) is 4.72. The molecule has 286 valence electrons. The number of carbonyl (C=O) groups is 2. The van der Waals surface area contributed by atoms with Crippen LogP contribution in [0.2, 0.25) is 0 Å². The topological polar surface area (TPSA) is 93.2 Å². The van der Waals surface area contributed by atoms with Crippen LogP contribution in [0.1, 0.15) is 70.6 Å². The van der Waals surface area contributed by atoms with Crippen LogP contribution in [0.3, 0.4) is 0 Å². The van der Waals surface area contributed by atoms with Gasteiger partial charge in [0.2, 0.25) is 15.9 Å². The molecule has 0 bridgehead atoms. The molecule has 0 saturated heterocycles. The van der Waals surface area contributed by atoms with Gasteiger partial charge in [-0.15, -0.1) is 0 Å². The second-order valence-electron chi connectivity index (χ2n) is 14.3. The Hall–Kier alpha value is -5.77. The molecule has 0 spiro atoms. The summed E-state index contributed by atoms with van der Waals surface area (Å²) in [7, 11) is -2.61. The molecular weight excluding hydrogens is 721 g/mol. The van der Waals surface area contributed by atoms with Crippen molar-refractivity contribution in [2.24, 2.45) is 0 Å². The minimum Gasteiger partial charge on any atom is -0.488 e. The highest BCUT2D eigenvalue weighted by Gasteiger charge is 2.28. The van der Waals surface area contributed by atoms with Gasteiger partial charge in [0.05, 0.1) is 23.5 Å². The zero-order valence-electron chi connectivity index (χ0n) is 31.5. The molecule has 0 atom stereocenters. The number of ether oxygens (including phenoxy) is 2. The van der Waals surface area contributed by atoms with Crippen molar-refractivity contribution in [1.29, 1.82) is 0 Å². The van der Waals surface area contributed by atoms with Crippen molar-refractivity contribution >= 4 is 38.4 Å². The molecule has 8 nitrogen and oxygen atoms in total. The summed E-state index contributed by atoms with van der Waals surface area (Å²) in [6.07, 6.45) is 6.11. The van der Waals surface area contributed by atoms with E-state index >= 15 is 0 Å². The number of anilines is 1. The Balaban J connectivity index is 1.20. The van der Waals surface area contributed by atoms with Crippen LogP contribution in [0.25, 0.3) is 10.8 Å². The first kappa shape index (κ1) is 38.5. The van der Waals surface area contributed by atoms with E-state index in [1.54, 1.807) is 71.6 Å². The molecule has 7 rings (SSSR count). The van der Waals surface area contributed by atoms with Crippen LogP contribution in [0.5, 0.6) is 5.75 Å². The van der Waals surface area contributed by atoms with E-state index in [0.717, 1.165) is 20.8 Å². The average molecular weight is 767 g/mol. The van der Waals surface area contributed by atoms with E-state index < -0.39 is 28.4 Å². The number of nitrogens with zero attached hydrogens (tertiary/aromatic N) is 2. The standard InChI is InChI=1S/C47H46N2O6S/c1-48(56(52,53)45-23-13-21-39-18-11-12-22-43(39)45)32-46(50)49(31-35-24-26-38(27-25-35)37-16-7-3-8-17-37)42-29-28-41(34-55-47(51)40-19-9-4-10-20-40)44(30-42)54-33-36-14-5-2-6-15-36/h2,4-6,9-15,18-30,37H,3,7-8,16-17,31-34H2,1H3. The first-order valence-corrected chi connectivity index (χ1v) is 20.6. The van der Waals surface area contributed by atoms with E-state index in [1.165, 1.54) is 44.7 Å². The van der Waals surface area contributed by atoms with Gasteiger partial charge in [-0.2, -0.15) is 4.31 Å². The number of rotatable bonds is 14. The molecule has 0 unspecified atom stereocenters. The molecule has 0 aliphatic heterocycles. The number of likely N-dealkylation sites (N-methyl/N-ethyl adjacent to an activating group) is 1. The molecule has 6 aromatic rings. The number of fused-ring (bicyclic) bond motifs is 1. The van der Waals surface area contributed by atoms with Crippen molar-refractivity contribution in [3.05, 3.63) is 173 Å². The number of amides is 1. The number of esters is 1. The zero-order chi connectivity index (χ0) is 38.9. The van der Waals surface area contributed by atoms with Gasteiger partial charge in [-0.25, -0.2) is 13.2 Å². The Kier molecular flexibility index (Phi) is 12.2. The summed E-state index contributed by atoms with van der Waals surface area (Å²) in [6, 6.07) is 44.7. The van der Waals surface area contributed by atoms with Gasteiger partial charge in [0.15, 0.2) is 0 Å². The van der Waals surface area contributed by atoms with Crippen LogP contribution in [-0.4, -0.2) is 38.2 Å². The van der Waals surface area contributed by atoms with Crippen LogP contribution in [0, 0.1) is 0 Å². The van der Waals surface area contributed by atoms with Gasteiger partial charge in [-0.05, 0) is 71.2 Å². The summed E-state index contributed by atoms with van der Waals surface area (Å²) >= 11 is 0. The highest BCUT2D eigenvalue weighted by atomic mass is 32.2. The van der Waals surface area contributed by atoms with Crippen molar-refractivity contribution in [3.8, 4) is 5.75 Å². The number of benzene rings is 6. The maximum absolute atomic E-state index is 14.5. The molecule has 0 N–H and O–H groups in total. The van der Waals surface area contributed by atoms with Crippen LogP contribution in [0.4, 0.5) is 5.69 Å². The predicted octanol–water partition coefficient (Wildman–Crippen LogP) is 9.68. The minimum absolute atomic E-state index is 0.0548. The molecule has 0 radical (unpaired) electrons. The largest absolute Gasteiger partial charge is 0.488 e. The second-order valence-corrected chi connectivity index (χ2v) is 16.3. The van der Waals surface area contributed by atoms with E-state index in [1.807, 2.05) is 54.6 Å². The molecular formula is C47H46N2O6S. The number of hydrogen-bond acceptors (Lipinski definition) is 6. The van der Waals surface area contributed by atoms with Crippen LogP contribution in [0.15, 0.2) is 150 Å². The summed E-state index contributed by atoms with van der Waals surface area (Å²) in [6.45, 7) is -0.0119. The molecule has 1 saturated carbocycles. The number of sulfonamides is 1. The Morgan fingerprint density at radius 2 is 1.38 bits per heavy atom. The highest BCUT2D eigenvalue weighted by molar-refractivity contribution is 7.89. The van der Waals surface area contributed by atoms with Gasteiger partial charge in [-0.3, -0.25) is 4.79 Å². The summed E-state index contributed by atoms with van der Waals surface area (Å²) in [5, 5.41) is 1.39. The Bertz CT molecular complexity index is 2370. The zero-order valence-corrected chi connectivity index (χ0v) is 32.4. The van der Waals surface area contributed by atoms with E-state index in [-0.39, 0.29) is 24.7 Å².